The Bertz CT molecular complexity index is 578. The van der Waals surface area contributed by atoms with E-state index in [1.54, 1.807) is 0 Å². The Labute approximate surface area is 119 Å². The smallest absolute Gasteiger partial charge is 0.412 e. The molecule has 0 saturated heterocycles. The fourth-order valence-corrected chi connectivity index (χ4v) is 1.60. The summed E-state index contributed by atoms with van der Waals surface area (Å²) < 4.78 is 5.03. The van der Waals surface area contributed by atoms with Crippen LogP contribution in [0.15, 0.2) is 36.4 Å². The molecular formula is C12H9Cl2N3O2. The molecule has 0 aliphatic heterocycles. The monoisotopic (exact) mass is 297 g/mol. The number of aromatic nitrogens is 2. The summed E-state index contributed by atoms with van der Waals surface area (Å²) in [6.07, 6.45) is -0.644. The van der Waals surface area contributed by atoms with Crippen molar-refractivity contribution >= 4 is 35.0 Å². The summed E-state index contributed by atoms with van der Waals surface area (Å²) in [5.74, 6) is 0. The molecule has 0 aliphatic rings. The van der Waals surface area contributed by atoms with Crippen molar-refractivity contribution < 1.29 is 9.53 Å². The van der Waals surface area contributed by atoms with E-state index < -0.39 is 6.09 Å². The molecule has 0 atom stereocenters. The van der Waals surface area contributed by atoms with Gasteiger partial charge in [0.1, 0.15) is 6.61 Å². The molecule has 1 aromatic carbocycles. The summed E-state index contributed by atoms with van der Waals surface area (Å²) in [5.41, 5.74) is 1.13. The lowest BCUT2D eigenvalue weighted by molar-refractivity contribution is 0.155. The van der Waals surface area contributed by atoms with E-state index in [0.29, 0.717) is 0 Å². The summed E-state index contributed by atoms with van der Waals surface area (Å²) in [4.78, 5) is 11.6. The molecule has 0 bridgehead atoms. The van der Waals surface area contributed by atoms with Gasteiger partial charge in [-0.25, -0.2) is 4.79 Å². The molecule has 0 aliphatic carbocycles. The SMILES string of the molecule is O=C(Nc1cc(Cl)nnc1Cl)OCc1ccccc1. The van der Waals surface area contributed by atoms with Gasteiger partial charge in [-0.2, -0.15) is 0 Å². The number of rotatable bonds is 3. The van der Waals surface area contributed by atoms with Crippen LogP contribution in [0.5, 0.6) is 0 Å². The van der Waals surface area contributed by atoms with Crippen molar-refractivity contribution in [3.05, 3.63) is 52.3 Å². The highest BCUT2D eigenvalue weighted by Gasteiger charge is 2.09. The molecule has 7 heteroatoms. The van der Waals surface area contributed by atoms with Gasteiger partial charge >= 0.3 is 6.09 Å². The first-order valence-corrected chi connectivity index (χ1v) is 6.07. The number of anilines is 1. The van der Waals surface area contributed by atoms with E-state index in [0.717, 1.165) is 5.56 Å². The molecule has 1 aromatic heterocycles. The van der Waals surface area contributed by atoms with Crippen LogP contribution in [-0.4, -0.2) is 16.3 Å². The highest BCUT2D eigenvalue weighted by molar-refractivity contribution is 6.33. The van der Waals surface area contributed by atoms with Gasteiger partial charge in [0.25, 0.3) is 0 Å². The zero-order valence-corrected chi connectivity index (χ0v) is 11.1. The van der Waals surface area contributed by atoms with Crippen molar-refractivity contribution in [2.75, 3.05) is 5.32 Å². The van der Waals surface area contributed by atoms with Gasteiger partial charge in [-0.05, 0) is 5.56 Å². The second-order valence-electron chi connectivity index (χ2n) is 3.56. The molecule has 5 nitrogen and oxygen atoms in total. The average Bonchev–Trinajstić information content (AvgIpc) is 2.42. The Balaban J connectivity index is 1.93. The summed E-state index contributed by atoms with van der Waals surface area (Å²) in [6.45, 7) is 0.163. The van der Waals surface area contributed by atoms with E-state index in [-0.39, 0.29) is 22.6 Å². The summed E-state index contributed by atoms with van der Waals surface area (Å²) >= 11 is 11.4. The number of nitrogens with one attached hydrogen (secondary N) is 1. The predicted molar refractivity (Wildman–Crippen MR) is 72.3 cm³/mol. The van der Waals surface area contributed by atoms with E-state index >= 15 is 0 Å². The maximum absolute atomic E-state index is 11.6. The van der Waals surface area contributed by atoms with E-state index in [2.05, 4.69) is 15.5 Å². The number of hydrogen-bond donors (Lipinski definition) is 1. The highest BCUT2D eigenvalue weighted by atomic mass is 35.5. The molecule has 0 fully saturated rings. The zero-order chi connectivity index (χ0) is 13.7. The number of carbonyl (C=O) groups excluding carboxylic acids is 1. The zero-order valence-electron chi connectivity index (χ0n) is 9.64. The van der Waals surface area contributed by atoms with Crippen LogP contribution in [-0.2, 0) is 11.3 Å². The molecule has 1 heterocycles. The summed E-state index contributed by atoms with van der Waals surface area (Å²) in [6, 6.07) is 10.7. The molecule has 2 aromatic rings. The topological polar surface area (TPSA) is 64.1 Å². The standard InChI is InChI=1S/C12H9Cl2N3O2/c13-10-6-9(11(14)17-16-10)15-12(18)19-7-8-4-2-1-3-5-8/h1-6H,7H2,(H,15,16,18). The minimum absolute atomic E-state index is 0.0426. The van der Waals surface area contributed by atoms with Crippen LogP contribution in [0.3, 0.4) is 0 Å². The second kappa shape index (κ2) is 6.36. The lowest BCUT2D eigenvalue weighted by Gasteiger charge is -2.07. The van der Waals surface area contributed by atoms with Crippen LogP contribution >= 0.6 is 23.2 Å². The number of halogens is 2. The van der Waals surface area contributed by atoms with Crippen LogP contribution < -0.4 is 5.32 Å². The number of benzene rings is 1. The summed E-state index contributed by atoms with van der Waals surface area (Å²) in [5, 5.41) is 9.71. The van der Waals surface area contributed by atoms with E-state index in [1.807, 2.05) is 30.3 Å². The molecule has 2 rings (SSSR count). The van der Waals surface area contributed by atoms with E-state index in [9.17, 15) is 4.79 Å². The summed E-state index contributed by atoms with van der Waals surface area (Å²) in [7, 11) is 0. The molecule has 19 heavy (non-hydrogen) atoms. The number of hydrogen-bond acceptors (Lipinski definition) is 4. The first-order chi connectivity index (χ1) is 9.15. The van der Waals surface area contributed by atoms with Gasteiger partial charge < -0.3 is 4.74 Å². The highest BCUT2D eigenvalue weighted by Crippen LogP contribution is 2.20. The van der Waals surface area contributed by atoms with E-state index in [4.69, 9.17) is 27.9 Å². The first-order valence-electron chi connectivity index (χ1n) is 5.31. The molecular weight excluding hydrogens is 289 g/mol. The lowest BCUT2D eigenvalue weighted by atomic mass is 10.2. The van der Waals surface area contributed by atoms with Crippen molar-refractivity contribution in [3.8, 4) is 0 Å². The van der Waals surface area contributed by atoms with Gasteiger partial charge in [0.15, 0.2) is 10.3 Å². The maximum atomic E-state index is 11.6. The minimum atomic E-state index is -0.644. The minimum Gasteiger partial charge on any atom is -0.444 e. The second-order valence-corrected chi connectivity index (χ2v) is 4.30. The number of amides is 1. The Kier molecular flexibility index (Phi) is 4.54. The predicted octanol–water partition coefficient (Wildman–Crippen LogP) is 3.53. The van der Waals surface area contributed by atoms with Crippen LogP contribution in [0.4, 0.5) is 10.5 Å². The normalized spacial score (nSPS) is 10.0. The van der Waals surface area contributed by atoms with Crippen molar-refractivity contribution in [1.82, 2.24) is 10.2 Å². The van der Waals surface area contributed by atoms with Crippen molar-refractivity contribution in [2.45, 2.75) is 6.61 Å². The lowest BCUT2D eigenvalue weighted by Crippen LogP contribution is -2.14. The Morgan fingerprint density at radius 2 is 1.95 bits per heavy atom. The fraction of sp³-hybridized carbons (Fsp3) is 0.0833. The molecule has 98 valence electrons. The molecule has 1 amide bonds. The van der Waals surface area contributed by atoms with Crippen LogP contribution in [0.2, 0.25) is 10.3 Å². The van der Waals surface area contributed by atoms with Gasteiger partial charge in [0.05, 0.1) is 5.69 Å². The van der Waals surface area contributed by atoms with Crippen LogP contribution in [0.25, 0.3) is 0 Å². The number of nitrogens with zero attached hydrogens (tertiary/aromatic N) is 2. The number of carbonyl (C=O) groups is 1. The van der Waals surface area contributed by atoms with Crippen molar-refractivity contribution in [2.24, 2.45) is 0 Å². The largest absolute Gasteiger partial charge is 0.444 e. The van der Waals surface area contributed by atoms with Crippen molar-refractivity contribution in [1.29, 1.82) is 0 Å². The number of ether oxygens (including phenoxy) is 1. The molecule has 0 saturated carbocycles. The van der Waals surface area contributed by atoms with Gasteiger partial charge in [-0.3, -0.25) is 5.32 Å². The van der Waals surface area contributed by atoms with Crippen molar-refractivity contribution in [3.63, 3.8) is 0 Å². The quantitative estimate of drug-likeness (QED) is 0.941. The van der Waals surface area contributed by atoms with Gasteiger partial charge in [0.2, 0.25) is 0 Å². The fourth-order valence-electron chi connectivity index (χ4n) is 1.31. The third kappa shape index (κ3) is 4.08. The third-order valence-corrected chi connectivity index (χ3v) is 2.63. The Morgan fingerprint density at radius 1 is 1.21 bits per heavy atom. The molecule has 0 unspecified atom stereocenters. The third-order valence-electron chi connectivity index (χ3n) is 2.17. The van der Waals surface area contributed by atoms with Crippen LogP contribution in [0, 0.1) is 0 Å². The maximum Gasteiger partial charge on any atom is 0.412 e. The Hall–Kier alpha value is -1.85. The molecule has 1 N–H and O–H groups in total. The first kappa shape index (κ1) is 13.6. The average molecular weight is 298 g/mol. The van der Waals surface area contributed by atoms with E-state index in [1.165, 1.54) is 6.07 Å². The molecule has 0 spiro atoms. The van der Waals surface area contributed by atoms with Gasteiger partial charge in [0, 0.05) is 6.07 Å². The van der Waals surface area contributed by atoms with Gasteiger partial charge in [-0.15, -0.1) is 10.2 Å². The van der Waals surface area contributed by atoms with Crippen LogP contribution in [0.1, 0.15) is 5.56 Å². The van der Waals surface area contributed by atoms with Gasteiger partial charge in [-0.1, -0.05) is 53.5 Å². The Morgan fingerprint density at radius 3 is 2.68 bits per heavy atom. The molecule has 0 radical (unpaired) electrons.